The highest BCUT2D eigenvalue weighted by molar-refractivity contribution is 6.69. The van der Waals surface area contributed by atoms with Crippen molar-refractivity contribution in [3.05, 3.63) is 48.6 Å². The maximum atomic E-state index is 5.87. The van der Waals surface area contributed by atoms with Gasteiger partial charge in [-0.25, -0.2) is 0 Å². The fourth-order valence-electron chi connectivity index (χ4n) is 1.17. The number of hydrogen-bond donors (Lipinski definition) is 0. The van der Waals surface area contributed by atoms with E-state index in [9.17, 15) is 0 Å². The highest BCUT2D eigenvalue weighted by atomic mass is 28.4. The van der Waals surface area contributed by atoms with Crippen molar-refractivity contribution in [3.8, 4) is 12.3 Å². The molecule has 1 nitrogen and oxygen atoms in total. The molecule has 0 aromatic heterocycles. The van der Waals surface area contributed by atoms with Crippen LogP contribution in [0, 0.1) is 12.3 Å². The molecule has 92 valence electrons. The highest BCUT2D eigenvalue weighted by Gasteiger charge is 2.23. The third-order valence-corrected chi connectivity index (χ3v) is 3.15. The molecule has 0 rings (SSSR count). The van der Waals surface area contributed by atoms with Crippen LogP contribution in [0.25, 0.3) is 0 Å². The summed E-state index contributed by atoms with van der Waals surface area (Å²) < 4.78 is 5.87. The SMILES string of the molecule is C#CC(O[Si](C)(C)C)C(=C)C(=C)C(=C)C(=C)C. The first-order valence-electron chi connectivity index (χ1n) is 5.47. The highest BCUT2D eigenvalue weighted by Crippen LogP contribution is 2.25. The van der Waals surface area contributed by atoms with Crippen molar-refractivity contribution in [2.45, 2.75) is 32.7 Å². The van der Waals surface area contributed by atoms with E-state index < -0.39 is 14.4 Å². The van der Waals surface area contributed by atoms with Crippen LogP contribution in [0.15, 0.2) is 48.6 Å². The van der Waals surface area contributed by atoms with E-state index in [4.69, 9.17) is 10.8 Å². The summed E-state index contributed by atoms with van der Waals surface area (Å²) in [5.41, 5.74) is 3.05. The van der Waals surface area contributed by atoms with E-state index in [2.05, 4.69) is 51.9 Å². The Labute approximate surface area is 107 Å². The Bertz CT molecular complexity index is 402. The standard InChI is InChI=1S/C15H22OSi/c1-10-15(16-17(7,8)9)14(6)13(5)12(4)11(2)3/h1,15H,2,4-6H2,3,7-9H3. The Morgan fingerprint density at radius 1 is 1.12 bits per heavy atom. The van der Waals surface area contributed by atoms with Gasteiger partial charge in [-0.05, 0) is 43.3 Å². The summed E-state index contributed by atoms with van der Waals surface area (Å²) in [5, 5.41) is 0. The lowest BCUT2D eigenvalue weighted by Gasteiger charge is -2.25. The Balaban J connectivity index is 4.91. The molecule has 0 bridgehead atoms. The van der Waals surface area contributed by atoms with Gasteiger partial charge in [-0.2, -0.15) is 0 Å². The van der Waals surface area contributed by atoms with Gasteiger partial charge in [0, 0.05) is 0 Å². The summed E-state index contributed by atoms with van der Waals surface area (Å²) in [4.78, 5) is 0. The van der Waals surface area contributed by atoms with Crippen LogP contribution in [0.2, 0.25) is 19.6 Å². The molecule has 0 amide bonds. The monoisotopic (exact) mass is 246 g/mol. The molecule has 0 saturated carbocycles. The van der Waals surface area contributed by atoms with Gasteiger partial charge in [0.2, 0.25) is 0 Å². The lowest BCUT2D eigenvalue weighted by Crippen LogP contribution is -2.32. The Morgan fingerprint density at radius 3 is 1.88 bits per heavy atom. The fraction of sp³-hybridized carbons (Fsp3) is 0.333. The molecule has 0 N–H and O–H groups in total. The van der Waals surface area contributed by atoms with Crippen LogP contribution in [-0.2, 0) is 4.43 Å². The average molecular weight is 246 g/mol. The molecule has 0 aromatic rings. The molecule has 1 unspecified atom stereocenters. The molecule has 1 atom stereocenters. The maximum absolute atomic E-state index is 5.87. The summed E-state index contributed by atoms with van der Waals surface area (Å²) in [6, 6.07) is 0. The first-order chi connectivity index (χ1) is 7.60. The number of rotatable bonds is 6. The smallest absolute Gasteiger partial charge is 0.185 e. The lowest BCUT2D eigenvalue weighted by atomic mass is 9.94. The number of hydrogen-bond acceptors (Lipinski definition) is 1. The molecular weight excluding hydrogens is 224 g/mol. The minimum absolute atomic E-state index is 0.426. The van der Waals surface area contributed by atoms with Gasteiger partial charge in [0.05, 0.1) is 0 Å². The zero-order valence-corrected chi connectivity index (χ0v) is 12.4. The quantitative estimate of drug-likeness (QED) is 0.390. The third-order valence-electron chi connectivity index (χ3n) is 2.21. The van der Waals surface area contributed by atoms with E-state index in [1.54, 1.807) is 0 Å². The van der Waals surface area contributed by atoms with E-state index in [1.165, 1.54) is 0 Å². The molecule has 0 heterocycles. The molecule has 0 aliphatic heterocycles. The lowest BCUT2D eigenvalue weighted by molar-refractivity contribution is 0.289. The van der Waals surface area contributed by atoms with Gasteiger partial charge < -0.3 is 4.43 Å². The van der Waals surface area contributed by atoms with E-state index >= 15 is 0 Å². The van der Waals surface area contributed by atoms with Crippen LogP contribution in [0.5, 0.6) is 0 Å². The first kappa shape index (κ1) is 15.7. The molecular formula is C15H22OSi. The van der Waals surface area contributed by atoms with E-state index in [0.717, 1.165) is 16.7 Å². The topological polar surface area (TPSA) is 9.23 Å². The molecule has 0 radical (unpaired) electrons. The van der Waals surface area contributed by atoms with E-state index in [1.807, 2.05) is 6.92 Å². The van der Waals surface area contributed by atoms with Crippen LogP contribution < -0.4 is 0 Å². The molecule has 17 heavy (non-hydrogen) atoms. The van der Waals surface area contributed by atoms with Crippen LogP contribution in [0.4, 0.5) is 0 Å². The van der Waals surface area contributed by atoms with E-state index in [-0.39, 0.29) is 0 Å². The fourth-order valence-corrected chi connectivity index (χ4v) is 2.09. The Kier molecular flexibility index (Phi) is 5.41. The van der Waals surface area contributed by atoms with Crippen molar-refractivity contribution in [1.29, 1.82) is 0 Å². The van der Waals surface area contributed by atoms with Crippen molar-refractivity contribution in [3.63, 3.8) is 0 Å². The van der Waals surface area contributed by atoms with Crippen LogP contribution in [0.3, 0.4) is 0 Å². The van der Waals surface area contributed by atoms with Gasteiger partial charge in [-0.15, -0.1) is 6.42 Å². The molecule has 2 heteroatoms. The summed E-state index contributed by atoms with van der Waals surface area (Å²) in [6.07, 6.45) is 5.06. The van der Waals surface area contributed by atoms with Gasteiger partial charge in [-0.3, -0.25) is 0 Å². The predicted molar refractivity (Wildman–Crippen MR) is 79.3 cm³/mol. The largest absolute Gasteiger partial charge is 0.400 e. The van der Waals surface area contributed by atoms with Crippen molar-refractivity contribution in [2.24, 2.45) is 0 Å². The van der Waals surface area contributed by atoms with Gasteiger partial charge in [0.1, 0.15) is 6.10 Å². The third kappa shape index (κ3) is 5.03. The van der Waals surface area contributed by atoms with Crippen LogP contribution in [0.1, 0.15) is 6.92 Å². The van der Waals surface area contributed by atoms with Gasteiger partial charge in [0.15, 0.2) is 8.32 Å². The average Bonchev–Trinajstić information content (AvgIpc) is 2.21. The second kappa shape index (κ2) is 5.86. The van der Waals surface area contributed by atoms with Gasteiger partial charge >= 0.3 is 0 Å². The second-order valence-electron chi connectivity index (χ2n) is 5.04. The summed E-state index contributed by atoms with van der Waals surface area (Å²) in [6.45, 7) is 23.8. The summed E-state index contributed by atoms with van der Waals surface area (Å²) in [5.74, 6) is 2.61. The minimum Gasteiger partial charge on any atom is -0.400 e. The van der Waals surface area contributed by atoms with Crippen LogP contribution >= 0.6 is 0 Å². The second-order valence-corrected chi connectivity index (χ2v) is 9.50. The maximum Gasteiger partial charge on any atom is 0.185 e. The van der Waals surface area contributed by atoms with Crippen molar-refractivity contribution < 1.29 is 4.43 Å². The zero-order valence-electron chi connectivity index (χ0n) is 11.4. The molecule has 0 aromatic carbocycles. The molecule has 0 fully saturated rings. The summed E-state index contributed by atoms with van der Waals surface area (Å²) in [7, 11) is -1.71. The zero-order chi connectivity index (χ0) is 13.8. The molecule has 0 aliphatic carbocycles. The van der Waals surface area contributed by atoms with Gasteiger partial charge in [0.25, 0.3) is 0 Å². The molecule has 0 spiro atoms. The Hall–Kier alpha value is -1.30. The van der Waals surface area contributed by atoms with E-state index in [0.29, 0.717) is 5.57 Å². The van der Waals surface area contributed by atoms with Crippen molar-refractivity contribution in [2.75, 3.05) is 0 Å². The number of terminal acetylenes is 1. The Morgan fingerprint density at radius 2 is 1.59 bits per heavy atom. The van der Waals surface area contributed by atoms with Crippen molar-refractivity contribution >= 4 is 8.32 Å². The normalized spacial score (nSPS) is 12.4. The summed E-state index contributed by atoms with van der Waals surface area (Å²) >= 11 is 0. The first-order valence-corrected chi connectivity index (χ1v) is 8.88. The van der Waals surface area contributed by atoms with Gasteiger partial charge in [-0.1, -0.05) is 37.8 Å². The minimum atomic E-state index is -1.71. The number of allylic oxidation sites excluding steroid dienone is 2. The molecule has 0 aliphatic rings. The predicted octanol–water partition coefficient (Wildman–Crippen LogP) is 4.08. The van der Waals surface area contributed by atoms with Crippen LogP contribution in [-0.4, -0.2) is 14.4 Å². The molecule has 0 saturated heterocycles. The van der Waals surface area contributed by atoms with Crippen molar-refractivity contribution in [1.82, 2.24) is 0 Å².